The third-order valence-electron chi connectivity index (χ3n) is 5.74. The second-order valence-electron chi connectivity index (χ2n) is 7.57. The fourth-order valence-corrected chi connectivity index (χ4v) is 4.26. The lowest BCUT2D eigenvalue weighted by atomic mass is 9.99. The molecule has 2 aliphatic heterocycles. The van der Waals surface area contributed by atoms with Crippen molar-refractivity contribution in [2.45, 2.75) is 6.42 Å². The summed E-state index contributed by atoms with van der Waals surface area (Å²) in [6.07, 6.45) is 3.34. The molecule has 0 bridgehead atoms. The van der Waals surface area contributed by atoms with Gasteiger partial charge in [-0.05, 0) is 35.4 Å². The van der Waals surface area contributed by atoms with Gasteiger partial charge in [-0.1, -0.05) is 48.0 Å². The highest BCUT2D eigenvalue weighted by Gasteiger charge is 2.25. The number of anilines is 1. The number of piperazine rings is 1. The quantitative estimate of drug-likeness (QED) is 0.859. The standard InChI is InChI=1S/C23H26ClN3O/c24-21-7-4-8-22(17-21)26-13-15-27(16-14-26)23(28)18-25-11-9-20(10-12-25)19-5-2-1-3-6-19/h1-9,17H,10-16,18H2/p+1. The van der Waals surface area contributed by atoms with Crippen LogP contribution in [0.5, 0.6) is 0 Å². The van der Waals surface area contributed by atoms with Gasteiger partial charge in [0.25, 0.3) is 5.91 Å². The van der Waals surface area contributed by atoms with E-state index < -0.39 is 0 Å². The van der Waals surface area contributed by atoms with Crippen molar-refractivity contribution in [3.8, 4) is 0 Å². The average Bonchev–Trinajstić information content (AvgIpc) is 2.75. The molecule has 1 atom stereocenters. The van der Waals surface area contributed by atoms with Crippen LogP contribution in [0.3, 0.4) is 0 Å². The third-order valence-corrected chi connectivity index (χ3v) is 5.97. The van der Waals surface area contributed by atoms with E-state index >= 15 is 0 Å². The molecule has 2 aromatic carbocycles. The summed E-state index contributed by atoms with van der Waals surface area (Å²) in [7, 11) is 0. The minimum absolute atomic E-state index is 0.275. The second kappa shape index (κ2) is 8.80. The second-order valence-corrected chi connectivity index (χ2v) is 8.01. The number of nitrogens with one attached hydrogen (secondary N) is 1. The number of carbonyl (C=O) groups excluding carboxylic acids is 1. The number of rotatable bonds is 4. The highest BCUT2D eigenvalue weighted by atomic mass is 35.5. The van der Waals surface area contributed by atoms with Crippen molar-refractivity contribution in [1.29, 1.82) is 0 Å². The van der Waals surface area contributed by atoms with E-state index in [1.807, 2.05) is 23.1 Å². The van der Waals surface area contributed by atoms with Crippen LogP contribution in [0.4, 0.5) is 5.69 Å². The lowest BCUT2D eigenvalue weighted by Crippen LogP contribution is -3.13. The Bertz CT molecular complexity index is 844. The first-order chi connectivity index (χ1) is 13.7. The molecule has 0 radical (unpaired) electrons. The van der Waals surface area contributed by atoms with Crippen LogP contribution >= 0.6 is 11.6 Å². The summed E-state index contributed by atoms with van der Waals surface area (Å²) in [5.41, 5.74) is 3.86. The minimum Gasteiger partial charge on any atom is -0.368 e. The molecular formula is C23H27ClN3O+. The van der Waals surface area contributed by atoms with Crippen LogP contribution in [0.2, 0.25) is 5.02 Å². The van der Waals surface area contributed by atoms with Crippen LogP contribution in [0.25, 0.3) is 5.57 Å². The molecule has 146 valence electrons. The van der Waals surface area contributed by atoms with Crippen molar-refractivity contribution in [3.05, 3.63) is 71.3 Å². The molecule has 0 spiro atoms. The Morgan fingerprint density at radius 2 is 1.79 bits per heavy atom. The van der Waals surface area contributed by atoms with Crippen molar-refractivity contribution in [1.82, 2.24) is 4.90 Å². The molecule has 1 N–H and O–H groups in total. The summed E-state index contributed by atoms with van der Waals surface area (Å²) in [6.45, 7) is 5.83. The van der Waals surface area contributed by atoms with Crippen molar-refractivity contribution in [3.63, 3.8) is 0 Å². The van der Waals surface area contributed by atoms with Gasteiger partial charge >= 0.3 is 0 Å². The fraction of sp³-hybridized carbons (Fsp3) is 0.348. The van der Waals surface area contributed by atoms with E-state index in [1.54, 1.807) is 0 Å². The molecule has 0 aromatic heterocycles. The number of carbonyl (C=O) groups is 1. The van der Waals surface area contributed by atoms with Crippen molar-refractivity contribution >= 4 is 28.8 Å². The van der Waals surface area contributed by atoms with Crippen LogP contribution < -0.4 is 9.80 Å². The normalized spacial score (nSPS) is 20.0. The van der Waals surface area contributed by atoms with E-state index in [4.69, 9.17) is 11.6 Å². The topological polar surface area (TPSA) is 28.0 Å². The number of hydrogen-bond donors (Lipinski definition) is 1. The molecule has 1 fully saturated rings. The van der Waals surface area contributed by atoms with Gasteiger partial charge in [-0.2, -0.15) is 0 Å². The molecule has 2 aliphatic rings. The molecule has 5 heteroatoms. The first-order valence-corrected chi connectivity index (χ1v) is 10.4. The summed E-state index contributed by atoms with van der Waals surface area (Å²) < 4.78 is 0. The van der Waals surface area contributed by atoms with Gasteiger partial charge in [0.1, 0.15) is 0 Å². The monoisotopic (exact) mass is 396 g/mol. The number of benzene rings is 2. The maximum absolute atomic E-state index is 12.8. The Labute approximate surface area is 172 Å². The third kappa shape index (κ3) is 4.57. The predicted octanol–water partition coefficient (Wildman–Crippen LogP) is 2.36. The van der Waals surface area contributed by atoms with Gasteiger partial charge < -0.3 is 14.7 Å². The van der Waals surface area contributed by atoms with Gasteiger partial charge in [-0.3, -0.25) is 4.79 Å². The van der Waals surface area contributed by atoms with E-state index in [-0.39, 0.29) is 5.91 Å². The highest BCUT2D eigenvalue weighted by molar-refractivity contribution is 6.30. The van der Waals surface area contributed by atoms with Crippen molar-refractivity contribution in [2.75, 3.05) is 50.7 Å². The summed E-state index contributed by atoms with van der Waals surface area (Å²) in [4.78, 5) is 18.4. The zero-order chi connectivity index (χ0) is 19.3. The van der Waals surface area contributed by atoms with E-state index in [1.165, 1.54) is 16.0 Å². The zero-order valence-corrected chi connectivity index (χ0v) is 16.9. The molecule has 2 heterocycles. The van der Waals surface area contributed by atoms with Crippen LogP contribution in [0, 0.1) is 0 Å². The van der Waals surface area contributed by atoms with Gasteiger partial charge in [0.05, 0.1) is 13.1 Å². The molecular weight excluding hydrogens is 370 g/mol. The van der Waals surface area contributed by atoms with Crippen LogP contribution in [0.1, 0.15) is 12.0 Å². The Hall–Kier alpha value is -2.30. The fourth-order valence-electron chi connectivity index (χ4n) is 4.07. The summed E-state index contributed by atoms with van der Waals surface area (Å²) in [5, 5.41) is 0.757. The molecule has 0 saturated carbocycles. The molecule has 0 aliphatic carbocycles. The Morgan fingerprint density at radius 1 is 1.00 bits per heavy atom. The summed E-state index contributed by atoms with van der Waals surface area (Å²) in [6, 6.07) is 18.5. The maximum atomic E-state index is 12.8. The molecule has 1 saturated heterocycles. The lowest BCUT2D eigenvalue weighted by molar-refractivity contribution is -0.887. The number of quaternary nitrogens is 1. The number of halogens is 1. The Balaban J connectivity index is 1.27. The van der Waals surface area contributed by atoms with Crippen LogP contribution in [-0.4, -0.2) is 56.6 Å². The van der Waals surface area contributed by atoms with Gasteiger partial charge in [-0.15, -0.1) is 0 Å². The van der Waals surface area contributed by atoms with Crippen molar-refractivity contribution in [2.24, 2.45) is 0 Å². The zero-order valence-electron chi connectivity index (χ0n) is 16.1. The van der Waals surface area contributed by atoms with Crippen molar-refractivity contribution < 1.29 is 9.69 Å². The molecule has 28 heavy (non-hydrogen) atoms. The SMILES string of the molecule is O=C(C[NH+]1CC=C(c2ccccc2)CC1)N1CCN(c2cccc(Cl)c2)CC1. The lowest BCUT2D eigenvalue weighted by Gasteiger charge is -2.36. The molecule has 4 nitrogen and oxygen atoms in total. The van der Waals surface area contributed by atoms with Crippen LogP contribution in [0.15, 0.2) is 60.7 Å². The first kappa shape index (κ1) is 19.0. The highest BCUT2D eigenvalue weighted by Crippen LogP contribution is 2.21. The minimum atomic E-state index is 0.275. The largest absolute Gasteiger partial charge is 0.368 e. The molecule has 2 aromatic rings. The van der Waals surface area contributed by atoms with Gasteiger partial charge in [0.2, 0.25) is 0 Å². The maximum Gasteiger partial charge on any atom is 0.277 e. The average molecular weight is 397 g/mol. The van der Waals surface area contributed by atoms with E-state index in [0.29, 0.717) is 6.54 Å². The van der Waals surface area contributed by atoms with Gasteiger partial charge in [0, 0.05) is 43.3 Å². The Kier molecular flexibility index (Phi) is 5.98. The Morgan fingerprint density at radius 3 is 2.46 bits per heavy atom. The molecule has 1 amide bonds. The van der Waals surface area contributed by atoms with Gasteiger partial charge in [0.15, 0.2) is 6.54 Å². The molecule has 1 unspecified atom stereocenters. The smallest absolute Gasteiger partial charge is 0.277 e. The number of amides is 1. The van der Waals surface area contributed by atoms with Gasteiger partial charge in [-0.25, -0.2) is 0 Å². The van der Waals surface area contributed by atoms with E-state index in [0.717, 1.165) is 56.4 Å². The number of hydrogen-bond acceptors (Lipinski definition) is 2. The predicted molar refractivity (Wildman–Crippen MR) is 115 cm³/mol. The summed E-state index contributed by atoms with van der Waals surface area (Å²) in [5.74, 6) is 0.275. The van der Waals surface area contributed by atoms with E-state index in [9.17, 15) is 4.79 Å². The van der Waals surface area contributed by atoms with E-state index in [2.05, 4.69) is 47.4 Å². The summed E-state index contributed by atoms with van der Waals surface area (Å²) >= 11 is 6.10. The number of nitrogens with zero attached hydrogens (tertiary/aromatic N) is 2. The van der Waals surface area contributed by atoms with Crippen LogP contribution in [-0.2, 0) is 4.79 Å². The first-order valence-electron chi connectivity index (χ1n) is 10.1. The molecule has 4 rings (SSSR count).